The van der Waals surface area contributed by atoms with Crippen LogP contribution in [0.5, 0.6) is 0 Å². The van der Waals surface area contributed by atoms with Crippen LogP contribution in [0.15, 0.2) is 64.2 Å². The molecule has 4 heteroatoms. The van der Waals surface area contributed by atoms with E-state index in [0.29, 0.717) is 6.41 Å². The first-order valence-electron chi connectivity index (χ1n) is 11.0. The van der Waals surface area contributed by atoms with E-state index >= 15 is 0 Å². The number of allylic oxidation sites excluding steroid dienone is 7. The Balaban J connectivity index is 0.00000436. The van der Waals surface area contributed by atoms with Crippen LogP contribution >= 0.6 is 11.8 Å². The summed E-state index contributed by atoms with van der Waals surface area (Å²) in [6, 6.07) is 0. The van der Waals surface area contributed by atoms with Gasteiger partial charge in [-0.15, -0.1) is 0 Å². The predicted octanol–water partition coefficient (Wildman–Crippen LogP) is 8.31. The van der Waals surface area contributed by atoms with Gasteiger partial charge in [-0.2, -0.15) is 0 Å². The summed E-state index contributed by atoms with van der Waals surface area (Å²) in [7, 11) is 0. The molecule has 0 aliphatic carbocycles. The van der Waals surface area contributed by atoms with Crippen LogP contribution in [0.2, 0.25) is 0 Å². The molecule has 0 bridgehead atoms. The Morgan fingerprint density at radius 1 is 1.23 bits per heavy atom. The molecule has 0 aromatic carbocycles. The summed E-state index contributed by atoms with van der Waals surface area (Å²) in [5.74, 6) is 0. The minimum Gasteiger partial charge on any atom is -0.364 e. The zero-order chi connectivity index (χ0) is 23.8. The van der Waals surface area contributed by atoms with E-state index in [-0.39, 0.29) is 0 Å². The molecular weight excluding hydrogens is 400 g/mol. The summed E-state index contributed by atoms with van der Waals surface area (Å²) in [4.78, 5) is 15.2. The van der Waals surface area contributed by atoms with E-state index in [0.717, 1.165) is 24.1 Å². The highest BCUT2D eigenvalue weighted by molar-refractivity contribution is 8.06. The molecule has 0 saturated carbocycles. The maximum absolute atomic E-state index is 10.7. The minimum atomic E-state index is 0.715. The normalized spacial score (nSPS) is 13.5. The lowest BCUT2D eigenvalue weighted by Gasteiger charge is -2.15. The third kappa shape index (κ3) is 8.66. The molecule has 1 rings (SSSR count). The number of aromatic nitrogens is 1. The molecule has 31 heavy (non-hydrogen) atoms. The highest BCUT2D eigenvalue weighted by atomic mass is 32.2. The fraction of sp³-hybridized carbons (Fsp3) is 0.370. The molecule has 0 unspecified atom stereocenters. The van der Waals surface area contributed by atoms with Gasteiger partial charge in [-0.3, -0.25) is 4.79 Å². The van der Waals surface area contributed by atoms with Crippen molar-refractivity contribution in [3.8, 4) is 0 Å². The molecule has 1 aromatic heterocycles. The van der Waals surface area contributed by atoms with Gasteiger partial charge >= 0.3 is 0 Å². The SMILES string of the molecule is C=C/C=C\c1c(/C(C)=C/SC(=C\C)/C(C)=C(CC)/C(=C\NC=O)CC)c[nH]c1C.CC. The number of amides is 1. The Kier molecular flexibility index (Phi) is 15.0. The van der Waals surface area contributed by atoms with Crippen molar-refractivity contribution < 1.29 is 4.79 Å². The number of nitrogens with one attached hydrogen (secondary N) is 2. The second kappa shape index (κ2) is 16.3. The van der Waals surface area contributed by atoms with Gasteiger partial charge in [-0.25, -0.2) is 0 Å². The van der Waals surface area contributed by atoms with E-state index in [1.165, 1.54) is 32.8 Å². The van der Waals surface area contributed by atoms with E-state index in [1.807, 2.05) is 26.1 Å². The molecule has 2 N–H and O–H groups in total. The molecule has 0 saturated heterocycles. The van der Waals surface area contributed by atoms with Gasteiger partial charge in [-0.1, -0.05) is 70.3 Å². The zero-order valence-corrected chi connectivity index (χ0v) is 21.4. The number of carbonyl (C=O) groups excluding carboxylic acids is 1. The molecule has 1 amide bonds. The standard InChI is InChI=1S/C25H34N2OS.C2H6/c1-8-12-13-23-20(7)27-15-24(23)18(5)16-29-25(11-4)19(6)22(10-3)21(9-2)14-26-17-28;1-2/h8,11-17,27H,1,9-10H2,2-7H3,(H,26,28);1-2H3/b13-12-,18-16+,21-14-,22-19+,25-11-;. The Morgan fingerprint density at radius 2 is 1.90 bits per heavy atom. The fourth-order valence-corrected chi connectivity index (χ4v) is 4.12. The summed E-state index contributed by atoms with van der Waals surface area (Å²) in [5, 5.41) is 4.90. The number of carbonyl (C=O) groups is 1. The van der Waals surface area contributed by atoms with Crippen molar-refractivity contribution in [1.29, 1.82) is 0 Å². The first-order chi connectivity index (χ1) is 14.9. The lowest BCUT2D eigenvalue weighted by Crippen LogP contribution is -2.04. The second-order valence-electron chi connectivity index (χ2n) is 6.67. The number of hydrogen-bond donors (Lipinski definition) is 2. The van der Waals surface area contributed by atoms with Gasteiger partial charge in [0.15, 0.2) is 0 Å². The van der Waals surface area contributed by atoms with E-state index in [2.05, 4.69) is 82.2 Å². The van der Waals surface area contributed by atoms with Crippen LogP contribution in [0.25, 0.3) is 11.6 Å². The summed E-state index contributed by atoms with van der Waals surface area (Å²) in [6.07, 6.45) is 14.4. The van der Waals surface area contributed by atoms with Gasteiger partial charge in [0.1, 0.15) is 0 Å². The zero-order valence-electron chi connectivity index (χ0n) is 20.6. The monoisotopic (exact) mass is 440 g/mol. The maximum atomic E-state index is 10.7. The van der Waals surface area contributed by atoms with Gasteiger partial charge in [0.25, 0.3) is 0 Å². The van der Waals surface area contributed by atoms with Crippen LogP contribution in [-0.4, -0.2) is 11.4 Å². The van der Waals surface area contributed by atoms with Crippen molar-refractivity contribution in [2.75, 3.05) is 0 Å². The molecule has 170 valence electrons. The number of rotatable bonds is 11. The van der Waals surface area contributed by atoms with Crippen molar-refractivity contribution in [2.45, 2.75) is 68.2 Å². The van der Waals surface area contributed by atoms with Crippen LogP contribution in [0.1, 0.15) is 78.1 Å². The second-order valence-corrected chi connectivity index (χ2v) is 7.58. The van der Waals surface area contributed by atoms with E-state index < -0.39 is 0 Å². The number of hydrogen-bond acceptors (Lipinski definition) is 2. The van der Waals surface area contributed by atoms with Crippen LogP contribution in [0.4, 0.5) is 0 Å². The van der Waals surface area contributed by atoms with Crippen LogP contribution in [0.3, 0.4) is 0 Å². The molecule has 0 aliphatic heterocycles. The average molecular weight is 441 g/mol. The number of H-pyrrole nitrogens is 1. The third-order valence-electron chi connectivity index (χ3n) is 4.85. The fourth-order valence-electron chi connectivity index (χ4n) is 3.25. The van der Waals surface area contributed by atoms with E-state index in [1.54, 1.807) is 17.8 Å². The van der Waals surface area contributed by atoms with Gasteiger partial charge in [0.2, 0.25) is 6.41 Å². The highest BCUT2D eigenvalue weighted by Gasteiger charge is 2.11. The molecule has 0 radical (unpaired) electrons. The maximum Gasteiger partial charge on any atom is 0.211 e. The van der Waals surface area contributed by atoms with E-state index in [4.69, 9.17) is 0 Å². The van der Waals surface area contributed by atoms with Crippen molar-refractivity contribution >= 4 is 29.8 Å². The van der Waals surface area contributed by atoms with Crippen LogP contribution in [-0.2, 0) is 4.79 Å². The van der Waals surface area contributed by atoms with Gasteiger partial charge in [0.05, 0.1) is 0 Å². The summed E-state index contributed by atoms with van der Waals surface area (Å²) >= 11 is 1.74. The number of thioether (sulfide) groups is 1. The van der Waals surface area contributed by atoms with Crippen LogP contribution in [0, 0.1) is 6.92 Å². The molecule has 1 aromatic rings. The highest BCUT2D eigenvalue weighted by Crippen LogP contribution is 2.34. The lowest BCUT2D eigenvalue weighted by atomic mass is 9.96. The molecule has 3 nitrogen and oxygen atoms in total. The lowest BCUT2D eigenvalue weighted by molar-refractivity contribution is -0.108. The topological polar surface area (TPSA) is 44.9 Å². The molecular formula is C27H40N2OS. The molecule has 0 spiro atoms. The third-order valence-corrected chi connectivity index (χ3v) is 6.11. The summed E-state index contributed by atoms with van der Waals surface area (Å²) in [5.41, 5.74) is 8.44. The molecule has 0 aliphatic rings. The smallest absolute Gasteiger partial charge is 0.211 e. The van der Waals surface area contributed by atoms with E-state index in [9.17, 15) is 4.79 Å². The Bertz CT molecular complexity index is 864. The van der Waals surface area contributed by atoms with Crippen molar-refractivity contribution in [2.24, 2.45) is 0 Å². The quantitative estimate of drug-likeness (QED) is 0.268. The minimum absolute atomic E-state index is 0.715. The molecule has 1 heterocycles. The Hall–Kier alpha value is -2.46. The molecule has 0 atom stereocenters. The van der Waals surface area contributed by atoms with Crippen LogP contribution < -0.4 is 5.32 Å². The van der Waals surface area contributed by atoms with Gasteiger partial charge < -0.3 is 10.3 Å². The predicted molar refractivity (Wildman–Crippen MR) is 142 cm³/mol. The Morgan fingerprint density at radius 3 is 2.42 bits per heavy atom. The number of aromatic amines is 1. The van der Waals surface area contributed by atoms with Crippen molar-refractivity contribution in [1.82, 2.24) is 10.3 Å². The Labute approximate surface area is 194 Å². The largest absolute Gasteiger partial charge is 0.364 e. The molecule has 0 fully saturated rings. The average Bonchev–Trinajstić information content (AvgIpc) is 3.16. The van der Waals surface area contributed by atoms with Gasteiger partial charge in [-0.05, 0) is 68.2 Å². The first kappa shape index (κ1) is 28.5. The summed E-state index contributed by atoms with van der Waals surface area (Å²) in [6.45, 7) is 20.5. The number of aryl methyl sites for hydroxylation is 1. The van der Waals surface area contributed by atoms with Gasteiger partial charge in [0, 0.05) is 34.1 Å². The van der Waals surface area contributed by atoms with Crippen molar-refractivity contribution in [3.05, 3.63) is 81.1 Å². The van der Waals surface area contributed by atoms with Crippen molar-refractivity contribution in [3.63, 3.8) is 0 Å². The summed E-state index contributed by atoms with van der Waals surface area (Å²) < 4.78 is 0. The first-order valence-corrected chi connectivity index (χ1v) is 11.9.